The molecular weight excluding hydrogens is 637 g/mol. The first kappa shape index (κ1) is 31.1. The van der Waals surface area contributed by atoms with Gasteiger partial charge in [-0.3, -0.25) is 0 Å². The summed E-state index contributed by atoms with van der Waals surface area (Å²) in [5.74, 6) is 0.405. The maximum Gasteiger partial charge on any atom is 0.0159 e. The Morgan fingerprint density at radius 3 is 2.02 bits per heavy atom. The van der Waals surface area contributed by atoms with Crippen molar-refractivity contribution < 1.29 is 0 Å². The van der Waals surface area contributed by atoms with Crippen molar-refractivity contribution in [2.75, 3.05) is 0 Å². The van der Waals surface area contributed by atoms with Crippen molar-refractivity contribution in [3.8, 4) is 22.3 Å². The Morgan fingerprint density at radius 1 is 0.585 bits per heavy atom. The molecule has 0 radical (unpaired) electrons. The minimum atomic E-state index is -0.157. The summed E-state index contributed by atoms with van der Waals surface area (Å²) in [6.45, 7) is 4.95. The fourth-order valence-electron chi connectivity index (χ4n) is 10.5. The molecule has 5 aromatic carbocycles. The Labute approximate surface area is 313 Å². The second-order valence-corrected chi connectivity index (χ2v) is 16.4. The van der Waals surface area contributed by atoms with Gasteiger partial charge in [-0.25, -0.2) is 0 Å². The molecular formula is C53H44. The van der Waals surface area contributed by atoms with Crippen molar-refractivity contribution in [1.82, 2.24) is 0 Å². The standard InChI is InChI=1S/C53H44/c1-53(2)49-31-46(38-27-26-35-28-34(24-25-36(35)29-38)33-14-4-3-5-15-33)42-20-10-12-22-44(42)51(49)52-45-23-13-11-21-43(45)48(32-50(52)53)47-30-37-16-6-7-17-39(37)40-18-8-9-19-41(40)47/h4,6,8,10-16,18,20-28,30-32,36H,3,5,7,9,17,19,29H2,1-2H3. The average Bonchev–Trinajstić information content (AvgIpc) is 3.45. The molecule has 1 unspecified atom stereocenters. The largest absolute Gasteiger partial charge is 0.0836 e. The maximum atomic E-state index is 2.60. The fraction of sp³-hybridized carbons (Fsp3) is 0.208. The Morgan fingerprint density at radius 2 is 1.26 bits per heavy atom. The molecule has 0 saturated heterocycles. The average molecular weight is 681 g/mol. The number of hydrogen-bond donors (Lipinski definition) is 0. The van der Waals surface area contributed by atoms with E-state index in [-0.39, 0.29) is 5.41 Å². The van der Waals surface area contributed by atoms with Crippen LogP contribution < -0.4 is 0 Å². The summed E-state index contributed by atoms with van der Waals surface area (Å²) < 4.78 is 0. The Hall–Kier alpha value is -5.46. The zero-order valence-electron chi connectivity index (χ0n) is 30.8. The van der Waals surface area contributed by atoms with Gasteiger partial charge >= 0.3 is 0 Å². The van der Waals surface area contributed by atoms with Crippen LogP contribution in [0, 0.1) is 5.92 Å². The van der Waals surface area contributed by atoms with Crippen molar-refractivity contribution in [1.29, 1.82) is 0 Å². The first-order chi connectivity index (χ1) is 26.0. The molecule has 5 aromatic rings. The van der Waals surface area contributed by atoms with E-state index in [1.54, 1.807) is 0 Å². The van der Waals surface area contributed by atoms with Crippen LogP contribution in [0.25, 0.3) is 61.5 Å². The molecule has 11 rings (SSSR count). The number of benzene rings is 5. The van der Waals surface area contributed by atoms with Crippen LogP contribution in [-0.4, -0.2) is 0 Å². The smallest absolute Gasteiger partial charge is 0.0159 e. The molecule has 1 atom stereocenters. The lowest BCUT2D eigenvalue weighted by molar-refractivity contribution is 0.661. The molecule has 0 aromatic heterocycles. The van der Waals surface area contributed by atoms with E-state index >= 15 is 0 Å². The molecule has 53 heavy (non-hydrogen) atoms. The lowest BCUT2D eigenvalue weighted by atomic mass is 9.76. The molecule has 0 heteroatoms. The summed E-state index contributed by atoms with van der Waals surface area (Å²) in [5, 5.41) is 5.48. The van der Waals surface area contributed by atoms with Crippen molar-refractivity contribution in [2.45, 2.75) is 64.2 Å². The van der Waals surface area contributed by atoms with E-state index in [9.17, 15) is 0 Å². The van der Waals surface area contributed by atoms with Crippen LogP contribution in [0.15, 0.2) is 144 Å². The summed E-state index contributed by atoms with van der Waals surface area (Å²) in [5.41, 5.74) is 21.4. The zero-order chi connectivity index (χ0) is 35.3. The van der Waals surface area contributed by atoms with E-state index < -0.39 is 0 Å². The number of allylic oxidation sites excluding steroid dienone is 14. The van der Waals surface area contributed by atoms with Crippen LogP contribution in [0.2, 0.25) is 0 Å². The summed E-state index contributed by atoms with van der Waals surface area (Å²) in [6, 6.07) is 26.2. The summed E-state index contributed by atoms with van der Waals surface area (Å²) >= 11 is 0. The molecule has 0 bridgehead atoms. The molecule has 0 heterocycles. The van der Waals surface area contributed by atoms with Gasteiger partial charge in [0.2, 0.25) is 0 Å². The maximum absolute atomic E-state index is 2.60. The minimum Gasteiger partial charge on any atom is -0.0836 e. The molecule has 0 aliphatic heterocycles. The fourth-order valence-corrected chi connectivity index (χ4v) is 10.5. The van der Waals surface area contributed by atoms with Gasteiger partial charge in [-0.2, -0.15) is 0 Å². The van der Waals surface area contributed by atoms with Crippen LogP contribution in [0.4, 0.5) is 0 Å². The molecule has 0 amide bonds. The van der Waals surface area contributed by atoms with E-state index in [0.717, 1.165) is 44.9 Å². The van der Waals surface area contributed by atoms with E-state index in [1.165, 1.54) is 105 Å². The van der Waals surface area contributed by atoms with Gasteiger partial charge in [0, 0.05) is 11.3 Å². The second-order valence-electron chi connectivity index (χ2n) is 16.4. The van der Waals surface area contributed by atoms with Crippen LogP contribution in [0.5, 0.6) is 0 Å². The molecule has 0 spiro atoms. The predicted molar refractivity (Wildman–Crippen MR) is 227 cm³/mol. The summed E-state index contributed by atoms with van der Waals surface area (Å²) in [4.78, 5) is 0. The molecule has 6 aliphatic carbocycles. The monoisotopic (exact) mass is 680 g/mol. The number of hydrogen-bond acceptors (Lipinski definition) is 0. The highest BCUT2D eigenvalue weighted by Crippen LogP contribution is 2.57. The quantitative estimate of drug-likeness (QED) is 0.178. The van der Waals surface area contributed by atoms with E-state index in [1.807, 2.05) is 0 Å². The summed E-state index contributed by atoms with van der Waals surface area (Å²) in [6.07, 6.45) is 36.4. The lowest BCUT2D eigenvalue weighted by Crippen LogP contribution is -2.16. The first-order valence-electron chi connectivity index (χ1n) is 19.9. The Kier molecular flexibility index (Phi) is 6.91. The number of fused-ring (bicyclic) bond motifs is 11. The van der Waals surface area contributed by atoms with Gasteiger partial charge in [0.15, 0.2) is 0 Å². The lowest BCUT2D eigenvalue weighted by Gasteiger charge is -2.28. The van der Waals surface area contributed by atoms with Gasteiger partial charge < -0.3 is 0 Å². The first-order valence-corrected chi connectivity index (χ1v) is 19.9. The van der Waals surface area contributed by atoms with Crippen molar-refractivity contribution in [3.05, 3.63) is 183 Å². The van der Waals surface area contributed by atoms with Crippen molar-refractivity contribution in [2.24, 2.45) is 5.92 Å². The van der Waals surface area contributed by atoms with Crippen molar-refractivity contribution >= 4 is 39.3 Å². The zero-order valence-corrected chi connectivity index (χ0v) is 30.8. The van der Waals surface area contributed by atoms with Gasteiger partial charge in [-0.15, -0.1) is 0 Å². The SMILES string of the molecule is CC1(C)c2cc(C3=CC=C4C=C(C5=CCCC=C5)C=CC4C3)c3ccccc3c2-c2c1cc(-c1cc3c(c4c1CCC=C4)CCC=C3)c1ccccc21. The van der Waals surface area contributed by atoms with Gasteiger partial charge in [0.1, 0.15) is 0 Å². The highest BCUT2D eigenvalue weighted by Gasteiger charge is 2.40. The summed E-state index contributed by atoms with van der Waals surface area (Å²) in [7, 11) is 0. The van der Waals surface area contributed by atoms with Gasteiger partial charge in [0.25, 0.3) is 0 Å². The minimum absolute atomic E-state index is 0.157. The van der Waals surface area contributed by atoms with Crippen LogP contribution in [-0.2, 0) is 18.3 Å². The van der Waals surface area contributed by atoms with Gasteiger partial charge in [-0.05, 0) is 168 Å². The number of rotatable bonds is 3. The van der Waals surface area contributed by atoms with E-state index in [0.29, 0.717) is 5.92 Å². The molecule has 0 nitrogen and oxygen atoms in total. The predicted octanol–water partition coefficient (Wildman–Crippen LogP) is 14.0. The van der Waals surface area contributed by atoms with Gasteiger partial charge in [0.05, 0.1) is 0 Å². The van der Waals surface area contributed by atoms with Crippen molar-refractivity contribution in [3.63, 3.8) is 0 Å². The van der Waals surface area contributed by atoms with Crippen LogP contribution in [0.3, 0.4) is 0 Å². The van der Waals surface area contributed by atoms with E-state index in [2.05, 4.69) is 153 Å². The Bertz CT molecular complexity index is 2700. The molecule has 0 N–H and O–H groups in total. The third-order valence-corrected chi connectivity index (χ3v) is 13.2. The van der Waals surface area contributed by atoms with E-state index in [4.69, 9.17) is 0 Å². The Balaban J connectivity index is 1.10. The second kappa shape index (κ2) is 11.8. The third-order valence-electron chi connectivity index (χ3n) is 13.2. The molecule has 256 valence electrons. The highest BCUT2D eigenvalue weighted by molar-refractivity contribution is 6.16. The van der Waals surface area contributed by atoms with Gasteiger partial charge in [-0.1, -0.05) is 135 Å². The normalized spacial score (nSPS) is 20.2. The molecule has 0 fully saturated rings. The van der Waals surface area contributed by atoms with Crippen LogP contribution in [0.1, 0.15) is 84.9 Å². The molecule has 6 aliphatic rings. The molecule has 0 saturated carbocycles. The van der Waals surface area contributed by atoms with Crippen LogP contribution >= 0.6 is 0 Å². The topological polar surface area (TPSA) is 0 Å². The highest BCUT2D eigenvalue weighted by atomic mass is 14.4. The third kappa shape index (κ3) is 4.67.